The number of nitrogens with zero attached hydrogens (tertiary/aromatic N) is 1. The fourth-order valence-electron chi connectivity index (χ4n) is 1.60. The molecule has 1 aromatic carbocycles. The van der Waals surface area contributed by atoms with E-state index in [9.17, 15) is 8.42 Å². The van der Waals surface area contributed by atoms with Crippen molar-refractivity contribution < 1.29 is 13.5 Å². The molecule has 0 fully saturated rings. The molecular formula is C12H19NO3S. The van der Waals surface area contributed by atoms with Crippen molar-refractivity contribution in [2.45, 2.75) is 26.4 Å². The minimum absolute atomic E-state index is 0.119. The average molecular weight is 257 g/mol. The number of rotatable bonds is 6. The Morgan fingerprint density at radius 3 is 2.29 bits per heavy atom. The Bertz CT molecular complexity index is 428. The summed E-state index contributed by atoms with van der Waals surface area (Å²) in [5.74, 6) is -0.224. The van der Waals surface area contributed by atoms with E-state index in [2.05, 4.69) is 0 Å². The molecule has 0 saturated heterocycles. The van der Waals surface area contributed by atoms with Crippen molar-refractivity contribution in [3.63, 3.8) is 0 Å². The highest BCUT2D eigenvalue weighted by Gasteiger charge is 2.24. The highest BCUT2D eigenvalue weighted by atomic mass is 32.2. The molecule has 17 heavy (non-hydrogen) atoms. The van der Waals surface area contributed by atoms with E-state index in [1.165, 1.54) is 4.31 Å². The smallest absolute Gasteiger partial charge is 0.216 e. The monoisotopic (exact) mass is 257 g/mol. The predicted molar refractivity (Wildman–Crippen MR) is 68.0 cm³/mol. The van der Waals surface area contributed by atoms with Gasteiger partial charge in [0.05, 0.1) is 12.4 Å². The van der Waals surface area contributed by atoms with Crippen LogP contribution in [0.1, 0.15) is 19.4 Å². The lowest BCUT2D eigenvalue weighted by Gasteiger charge is -2.25. The molecule has 0 aliphatic rings. The Kier molecular flexibility index (Phi) is 5.11. The van der Waals surface area contributed by atoms with Gasteiger partial charge in [0.2, 0.25) is 10.0 Å². The number of hydrogen-bond acceptors (Lipinski definition) is 3. The summed E-state index contributed by atoms with van der Waals surface area (Å²) in [5, 5.41) is 8.79. The van der Waals surface area contributed by atoms with Gasteiger partial charge in [0.25, 0.3) is 0 Å². The first-order valence-corrected chi connectivity index (χ1v) is 7.22. The molecule has 0 spiro atoms. The standard InChI is InChI=1S/C12H19NO3S/c1-11(2)13(17(15,16)9-8-14)10-12-6-4-3-5-7-12/h3-7,11,14H,8-10H2,1-2H3. The lowest BCUT2D eigenvalue weighted by Crippen LogP contribution is -2.38. The molecule has 0 atom stereocenters. The predicted octanol–water partition coefficient (Wildman–Crippen LogP) is 1.22. The van der Waals surface area contributed by atoms with Gasteiger partial charge < -0.3 is 5.11 Å². The third-order valence-corrected chi connectivity index (χ3v) is 4.43. The SMILES string of the molecule is CC(C)N(Cc1ccccc1)S(=O)(=O)CCO. The third-order valence-electron chi connectivity index (χ3n) is 2.46. The molecule has 1 rings (SSSR count). The van der Waals surface area contributed by atoms with Gasteiger partial charge in [0.1, 0.15) is 0 Å². The zero-order chi connectivity index (χ0) is 12.9. The molecule has 4 nitrogen and oxygen atoms in total. The number of aliphatic hydroxyl groups is 1. The molecule has 5 heteroatoms. The van der Waals surface area contributed by atoms with Crippen molar-refractivity contribution in [2.24, 2.45) is 0 Å². The highest BCUT2D eigenvalue weighted by molar-refractivity contribution is 7.89. The van der Waals surface area contributed by atoms with E-state index in [0.717, 1.165) is 5.56 Å². The Morgan fingerprint density at radius 2 is 1.82 bits per heavy atom. The van der Waals surface area contributed by atoms with Crippen molar-refractivity contribution in [1.29, 1.82) is 0 Å². The summed E-state index contributed by atoms with van der Waals surface area (Å²) in [6.07, 6.45) is 0. The summed E-state index contributed by atoms with van der Waals surface area (Å²) in [7, 11) is -3.39. The van der Waals surface area contributed by atoms with Crippen LogP contribution in [0, 0.1) is 0 Å². The molecular weight excluding hydrogens is 238 g/mol. The van der Waals surface area contributed by atoms with Crippen LogP contribution in [-0.2, 0) is 16.6 Å². The number of benzene rings is 1. The summed E-state index contributed by atoms with van der Waals surface area (Å²) < 4.78 is 25.3. The molecule has 96 valence electrons. The second-order valence-electron chi connectivity index (χ2n) is 4.16. The van der Waals surface area contributed by atoms with Gasteiger partial charge in [-0.25, -0.2) is 8.42 Å². The summed E-state index contributed by atoms with van der Waals surface area (Å²) >= 11 is 0. The highest BCUT2D eigenvalue weighted by Crippen LogP contribution is 2.13. The van der Waals surface area contributed by atoms with Gasteiger partial charge in [-0.05, 0) is 19.4 Å². The molecule has 1 aromatic rings. The van der Waals surface area contributed by atoms with Crippen LogP contribution >= 0.6 is 0 Å². The van der Waals surface area contributed by atoms with Gasteiger partial charge in [0, 0.05) is 12.6 Å². The van der Waals surface area contributed by atoms with Crippen LogP contribution in [0.3, 0.4) is 0 Å². The van der Waals surface area contributed by atoms with Gasteiger partial charge in [-0.3, -0.25) is 0 Å². The number of sulfonamides is 1. The number of hydrogen-bond donors (Lipinski definition) is 1. The Balaban J connectivity index is 2.88. The zero-order valence-corrected chi connectivity index (χ0v) is 11.0. The maximum atomic E-state index is 11.9. The van der Waals surface area contributed by atoms with Crippen molar-refractivity contribution in [1.82, 2.24) is 4.31 Å². The molecule has 0 aliphatic carbocycles. The minimum atomic E-state index is -3.39. The summed E-state index contributed by atoms with van der Waals surface area (Å²) in [4.78, 5) is 0. The maximum absolute atomic E-state index is 11.9. The Hall–Kier alpha value is -0.910. The van der Waals surface area contributed by atoms with Crippen LogP contribution in [-0.4, -0.2) is 36.2 Å². The average Bonchev–Trinajstić information content (AvgIpc) is 2.26. The largest absolute Gasteiger partial charge is 0.395 e. The first-order valence-electron chi connectivity index (χ1n) is 5.61. The summed E-state index contributed by atoms with van der Waals surface area (Å²) in [6.45, 7) is 3.66. The van der Waals surface area contributed by atoms with Crippen molar-refractivity contribution >= 4 is 10.0 Å². The lowest BCUT2D eigenvalue weighted by molar-refractivity contribution is 0.306. The van der Waals surface area contributed by atoms with Gasteiger partial charge >= 0.3 is 0 Å². The Labute approximate surface area is 103 Å². The maximum Gasteiger partial charge on any atom is 0.216 e. The molecule has 0 radical (unpaired) electrons. The Morgan fingerprint density at radius 1 is 1.24 bits per heavy atom. The van der Waals surface area contributed by atoms with Crippen LogP contribution in [0.5, 0.6) is 0 Å². The van der Waals surface area contributed by atoms with Crippen LogP contribution in [0.15, 0.2) is 30.3 Å². The molecule has 0 saturated carbocycles. The molecule has 0 bridgehead atoms. The van der Waals surface area contributed by atoms with Gasteiger partial charge in [-0.15, -0.1) is 0 Å². The second kappa shape index (κ2) is 6.14. The molecule has 0 heterocycles. The molecule has 0 aliphatic heterocycles. The third kappa shape index (κ3) is 4.11. The fraction of sp³-hybridized carbons (Fsp3) is 0.500. The van der Waals surface area contributed by atoms with E-state index < -0.39 is 10.0 Å². The van der Waals surface area contributed by atoms with Crippen LogP contribution < -0.4 is 0 Å². The van der Waals surface area contributed by atoms with Crippen LogP contribution in [0.2, 0.25) is 0 Å². The molecule has 1 N–H and O–H groups in total. The molecule has 0 unspecified atom stereocenters. The zero-order valence-electron chi connectivity index (χ0n) is 10.2. The lowest BCUT2D eigenvalue weighted by atomic mass is 10.2. The van der Waals surface area contributed by atoms with Gasteiger partial charge in [-0.1, -0.05) is 30.3 Å². The van der Waals surface area contributed by atoms with Crippen LogP contribution in [0.4, 0.5) is 0 Å². The fourth-order valence-corrected chi connectivity index (χ4v) is 3.05. The minimum Gasteiger partial charge on any atom is -0.395 e. The normalized spacial score (nSPS) is 12.3. The first-order chi connectivity index (χ1) is 7.97. The van der Waals surface area contributed by atoms with Crippen molar-refractivity contribution in [3.8, 4) is 0 Å². The summed E-state index contributed by atoms with van der Waals surface area (Å²) in [6, 6.07) is 9.32. The van der Waals surface area contributed by atoms with Crippen molar-refractivity contribution in [2.75, 3.05) is 12.4 Å². The van der Waals surface area contributed by atoms with E-state index in [4.69, 9.17) is 5.11 Å². The van der Waals surface area contributed by atoms with Gasteiger partial charge in [0.15, 0.2) is 0 Å². The van der Waals surface area contributed by atoms with E-state index in [1.54, 1.807) is 0 Å². The van der Waals surface area contributed by atoms with E-state index in [0.29, 0.717) is 6.54 Å². The van der Waals surface area contributed by atoms with Gasteiger partial charge in [-0.2, -0.15) is 4.31 Å². The second-order valence-corrected chi connectivity index (χ2v) is 6.21. The topological polar surface area (TPSA) is 57.6 Å². The van der Waals surface area contributed by atoms with Crippen molar-refractivity contribution in [3.05, 3.63) is 35.9 Å². The van der Waals surface area contributed by atoms with E-state index >= 15 is 0 Å². The molecule has 0 amide bonds. The first kappa shape index (κ1) is 14.2. The van der Waals surface area contributed by atoms with E-state index in [-0.39, 0.29) is 18.4 Å². The van der Waals surface area contributed by atoms with Crippen LogP contribution in [0.25, 0.3) is 0 Å². The quantitative estimate of drug-likeness (QED) is 0.833. The van der Waals surface area contributed by atoms with E-state index in [1.807, 2.05) is 44.2 Å². The number of aliphatic hydroxyl groups excluding tert-OH is 1. The molecule has 0 aromatic heterocycles. The summed E-state index contributed by atoms with van der Waals surface area (Å²) in [5.41, 5.74) is 0.947.